The van der Waals surface area contributed by atoms with Crippen molar-refractivity contribution in [3.05, 3.63) is 29.8 Å². The molecule has 1 atom stereocenters. The van der Waals surface area contributed by atoms with Crippen LogP contribution in [0.25, 0.3) is 0 Å². The molecule has 1 heterocycles. The lowest BCUT2D eigenvalue weighted by Crippen LogP contribution is -2.56. The fourth-order valence-corrected chi connectivity index (χ4v) is 1.79. The lowest BCUT2D eigenvalue weighted by molar-refractivity contribution is -0.124. The molecule has 1 aromatic carbocycles. The fraction of sp³-hybridized carbons (Fsp3) is 0.308. The van der Waals surface area contributed by atoms with Gasteiger partial charge in [-0.3, -0.25) is 14.9 Å². The molecule has 0 bridgehead atoms. The normalized spacial score (nSPS) is 18.1. The van der Waals surface area contributed by atoms with Crippen molar-refractivity contribution in [2.75, 3.05) is 25.5 Å². The van der Waals surface area contributed by atoms with Crippen LogP contribution in [0.2, 0.25) is 0 Å². The largest absolute Gasteiger partial charge is 0.465 e. The van der Waals surface area contributed by atoms with Crippen LogP contribution in [0.4, 0.5) is 5.69 Å². The number of rotatable bonds is 3. The summed E-state index contributed by atoms with van der Waals surface area (Å²) < 4.78 is 4.59. The van der Waals surface area contributed by atoms with Gasteiger partial charge in [-0.2, -0.15) is 0 Å². The molecule has 0 aliphatic carbocycles. The highest BCUT2D eigenvalue weighted by Crippen LogP contribution is 2.11. The van der Waals surface area contributed by atoms with Gasteiger partial charge in [-0.05, 0) is 24.3 Å². The highest BCUT2D eigenvalue weighted by Gasteiger charge is 2.23. The standard InChI is InChI=1S/C13H15N3O4/c1-20-13(19)8-2-4-9(5-3-8)16-12(18)10-6-15-11(17)7-14-10/h2-5,10,14H,6-7H2,1H3,(H,15,17)(H,16,18). The first-order chi connectivity index (χ1) is 9.60. The molecule has 20 heavy (non-hydrogen) atoms. The van der Waals surface area contributed by atoms with Crippen LogP contribution >= 0.6 is 0 Å². The molecule has 0 spiro atoms. The Hall–Kier alpha value is -2.41. The van der Waals surface area contributed by atoms with E-state index >= 15 is 0 Å². The van der Waals surface area contributed by atoms with E-state index < -0.39 is 12.0 Å². The Bertz CT molecular complexity index is 517. The maximum absolute atomic E-state index is 11.9. The van der Waals surface area contributed by atoms with Crippen LogP contribution in [0.1, 0.15) is 10.4 Å². The summed E-state index contributed by atoms with van der Waals surface area (Å²) in [7, 11) is 1.31. The number of benzene rings is 1. The predicted octanol–water partition coefficient (Wildman–Crippen LogP) is -0.500. The number of ether oxygens (including phenoxy) is 1. The first kappa shape index (κ1) is 14.0. The molecule has 1 unspecified atom stereocenters. The number of anilines is 1. The summed E-state index contributed by atoms with van der Waals surface area (Å²) in [6, 6.07) is 5.90. The minimum Gasteiger partial charge on any atom is -0.465 e. The lowest BCUT2D eigenvalue weighted by Gasteiger charge is -2.23. The second kappa shape index (κ2) is 6.16. The highest BCUT2D eigenvalue weighted by molar-refractivity contribution is 5.97. The van der Waals surface area contributed by atoms with Crippen molar-refractivity contribution in [1.29, 1.82) is 0 Å². The Morgan fingerprint density at radius 2 is 2.00 bits per heavy atom. The van der Waals surface area contributed by atoms with Crippen LogP contribution < -0.4 is 16.0 Å². The summed E-state index contributed by atoms with van der Waals surface area (Å²) in [5.41, 5.74) is 0.981. The van der Waals surface area contributed by atoms with Crippen molar-refractivity contribution in [3.8, 4) is 0 Å². The molecule has 1 aliphatic heterocycles. The number of carbonyl (C=O) groups is 3. The molecule has 0 radical (unpaired) electrons. The zero-order valence-corrected chi connectivity index (χ0v) is 10.9. The third kappa shape index (κ3) is 3.33. The van der Waals surface area contributed by atoms with E-state index in [0.29, 0.717) is 11.3 Å². The maximum atomic E-state index is 11.9. The second-order valence-electron chi connectivity index (χ2n) is 4.30. The molecular weight excluding hydrogens is 262 g/mol. The maximum Gasteiger partial charge on any atom is 0.337 e. The van der Waals surface area contributed by atoms with Gasteiger partial charge in [-0.15, -0.1) is 0 Å². The number of nitrogens with one attached hydrogen (secondary N) is 3. The van der Waals surface area contributed by atoms with E-state index in [2.05, 4.69) is 20.7 Å². The molecule has 3 N–H and O–H groups in total. The van der Waals surface area contributed by atoms with Crippen molar-refractivity contribution in [2.24, 2.45) is 0 Å². The van der Waals surface area contributed by atoms with E-state index in [1.165, 1.54) is 7.11 Å². The highest BCUT2D eigenvalue weighted by atomic mass is 16.5. The molecule has 7 heteroatoms. The molecule has 2 rings (SSSR count). The number of hydrogen-bond donors (Lipinski definition) is 3. The molecule has 2 amide bonds. The van der Waals surface area contributed by atoms with Crippen molar-refractivity contribution < 1.29 is 19.1 Å². The molecule has 0 saturated carbocycles. The third-order valence-electron chi connectivity index (χ3n) is 2.90. The van der Waals surface area contributed by atoms with Gasteiger partial charge in [0.2, 0.25) is 11.8 Å². The van der Waals surface area contributed by atoms with Crippen LogP contribution in [0.15, 0.2) is 24.3 Å². The van der Waals surface area contributed by atoms with E-state index in [9.17, 15) is 14.4 Å². The van der Waals surface area contributed by atoms with E-state index in [0.717, 1.165) is 0 Å². The second-order valence-corrected chi connectivity index (χ2v) is 4.30. The van der Waals surface area contributed by atoms with Crippen LogP contribution in [0.5, 0.6) is 0 Å². The fourth-order valence-electron chi connectivity index (χ4n) is 1.79. The molecule has 1 aliphatic rings. The van der Waals surface area contributed by atoms with Crippen molar-refractivity contribution in [3.63, 3.8) is 0 Å². The van der Waals surface area contributed by atoms with Crippen molar-refractivity contribution in [2.45, 2.75) is 6.04 Å². The summed E-state index contributed by atoms with van der Waals surface area (Å²) in [5, 5.41) is 8.14. The molecule has 1 aromatic rings. The van der Waals surface area contributed by atoms with Crippen molar-refractivity contribution >= 4 is 23.5 Å². The third-order valence-corrected chi connectivity index (χ3v) is 2.90. The Morgan fingerprint density at radius 1 is 1.30 bits per heavy atom. The van der Waals surface area contributed by atoms with Crippen LogP contribution in [-0.4, -0.2) is 44.0 Å². The zero-order chi connectivity index (χ0) is 14.5. The molecular formula is C13H15N3O4. The predicted molar refractivity (Wildman–Crippen MR) is 71.2 cm³/mol. The minimum absolute atomic E-state index is 0.124. The van der Waals surface area contributed by atoms with Gasteiger partial charge in [0.15, 0.2) is 0 Å². The number of methoxy groups -OCH3 is 1. The Kier molecular flexibility index (Phi) is 4.31. The van der Waals surface area contributed by atoms with E-state index in [1.807, 2.05) is 0 Å². The van der Waals surface area contributed by atoms with Gasteiger partial charge in [-0.25, -0.2) is 4.79 Å². The Balaban J connectivity index is 1.94. The summed E-state index contributed by atoms with van der Waals surface area (Å²) in [6.07, 6.45) is 0. The van der Waals surface area contributed by atoms with Crippen LogP contribution in [0.3, 0.4) is 0 Å². The van der Waals surface area contributed by atoms with Gasteiger partial charge in [0.25, 0.3) is 0 Å². The molecule has 1 saturated heterocycles. The number of esters is 1. The Labute approximate surface area is 115 Å². The van der Waals surface area contributed by atoms with Crippen LogP contribution in [0, 0.1) is 0 Å². The first-order valence-electron chi connectivity index (χ1n) is 6.09. The summed E-state index contributed by atoms with van der Waals surface area (Å²) in [6.45, 7) is 0.379. The van der Waals surface area contributed by atoms with Gasteiger partial charge in [-0.1, -0.05) is 0 Å². The molecule has 106 valence electrons. The lowest BCUT2D eigenvalue weighted by atomic mass is 10.2. The Morgan fingerprint density at radius 3 is 2.55 bits per heavy atom. The smallest absolute Gasteiger partial charge is 0.337 e. The average molecular weight is 277 g/mol. The average Bonchev–Trinajstić information content (AvgIpc) is 2.48. The van der Waals surface area contributed by atoms with Crippen LogP contribution in [-0.2, 0) is 14.3 Å². The minimum atomic E-state index is -0.465. The topological polar surface area (TPSA) is 96.5 Å². The first-order valence-corrected chi connectivity index (χ1v) is 6.09. The monoisotopic (exact) mass is 277 g/mol. The number of hydrogen-bond acceptors (Lipinski definition) is 5. The quantitative estimate of drug-likeness (QED) is 0.647. The molecule has 7 nitrogen and oxygen atoms in total. The van der Waals surface area contributed by atoms with E-state index in [1.54, 1.807) is 24.3 Å². The summed E-state index contributed by atoms with van der Waals surface area (Å²) >= 11 is 0. The summed E-state index contributed by atoms with van der Waals surface area (Å²) in [4.78, 5) is 34.2. The number of carbonyl (C=O) groups excluding carboxylic acids is 3. The van der Waals surface area contributed by atoms with E-state index in [4.69, 9.17) is 0 Å². The van der Waals surface area contributed by atoms with Gasteiger partial charge < -0.3 is 15.4 Å². The van der Waals surface area contributed by atoms with Gasteiger partial charge in [0.1, 0.15) is 6.04 Å². The van der Waals surface area contributed by atoms with Gasteiger partial charge in [0, 0.05) is 12.2 Å². The summed E-state index contributed by atoms with van der Waals surface area (Å²) in [5.74, 6) is -0.799. The zero-order valence-electron chi connectivity index (χ0n) is 10.9. The number of piperazine rings is 1. The van der Waals surface area contributed by atoms with Gasteiger partial charge >= 0.3 is 5.97 Å². The van der Waals surface area contributed by atoms with Crippen molar-refractivity contribution in [1.82, 2.24) is 10.6 Å². The SMILES string of the molecule is COC(=O)c1ccc(NC(=O)C2CNC(=O)CN2)cc1. The molecule has 0 aromatic heterocycles. The van der Waals surface area contributed by atoms with E-state index in [-0.39, 0.29) is 24.9 Å². The van der Waals surface area contributed by atoms with Gasteiger partial charge in [0.05, 0.1) is 19.2 Å². The number of amides is 2. The molecule has 1 fully saturated rings.